The number of benzene rings is 1. The van der Waals surface area contributed by atoms with E-state index in [0.29, 0.717) is 12.0 Å². The van der Waals surface area contributed by atoms with Crippen LogP contribution in [0.1, 0.15) is 24.2 Å². The zero-order valence-electron chi connectivity index (χ0n) is 8.62. The highest BCUT2D eigenvalue weighted by atomic mass is 19.1. The Morgan fingerprint density at radius 2 is 2.07 bits per heavy atom. The number of carbonyl (C=O) groups excluding carboxylic acids is 1. The summed E-state index contributed by atoms with van der Waals surface area (Å²) in [6.07, 6.45) is 0.559. The topological polar surface area (TPSA) is 20.3 Å². The Kier molecular flexibility index (Phi) is 3.23. The van der Waals surface area contributed by atoms with E-state index in [1.807, 2.05) is 25.8 Å². The lowest BCUT2D eigenvalue weighted by molar-refractivity contribution is 0.112. The van der Waals surface area contributed by atoms with Gasteiger partial charge >= 0.3 is 0 Å². The molecule has 0 atom stereocenters. The Hall–Kier alpha value is -1.38. The molecule has 0 aliphatic heterocycles. The molecule has 0 N–H and O–H groups in total. The van der Waals surface area contributed by atoms with Crippen molar-refractivity contribution in [3.63, 3.8) is 0 Å². The summed E-state index contributed by atoms with van der Waals surface area (Å²) in [6, 6.07) is 4.88. The second-order valence-electron chi connectivity index (χ2n) is 3.50. The molecule has 0 aromatic heterocycles. The average molecular weight is 195 g/mol. The van der Waals surface area contributed by atoms with Crippen molar-refractivity contribution < 1.29 is 9.18 Å². The summed E-state index contributed by atoms with van der Waals surface area (Å²) in [5.41, 5.74) is 0.763. The van der Waals surface area contributed by atoms with E-state index in [-0.39, 0.29) is 11.6 Å². The molecule has 0 unspecified atom stereocenters. The van der Waals surface area contributed by atoms with Gasteiger partial charge in [-0.05, 0) is 26.0 Å². The molecule has 0 bridgehead atoms. The lowest BCUT2D eigenvalue weighted by atomic mass is 10.1. The van der Waals surface area contributed by atoms with Crippen LogP contribution < -0.4 is 4.90 Å². The van der Waals surface area contributed by atoms with Gasteiger partial charge in [-0.25, -0.2) is 4.39 Å². The van der Waals surface area contributed by atoms with Crippen LogP contribution in [0.5, 0.6) is 0 Å². The van der Waals surface area contributed by atoms with E-state index in [2.05, 4.69) is 0 Å². The van der Waals surface area contributed by atoms with Crippen LogP contribution in [0.15, 0.2) is 18.2 Å². The summed E-state index contributed by atoms with van der Waals surface area (Å²) in [5, 5.41) is 0. The fraction of sp³-hybridized carbons (Fsp3) is 0.364. The highest BCUT2D eigenvalue weighted by Crippen LogP contribution is 2.21. The minimum absolute atomic E-state index is 0.128. The molecule has 0 saturated carbocycles. The maximum Gasteiger partial charge on any atom is 0.155 e. The second-order valence-corrected chi connectivity index (χ2v) is 3.50. The van der Waals surface area contributed by atoms with Gasteiger partial charge in [-0.3, -0.25) is 4.79 Å². The van der Waals surface area contributed by atoms with E-state index >= 15 is 0 Å². The van der Waals surface area contributed by atoms with E-state index in [1.165, 1.54) is 6.07 Å². The van der Waals surface area contributed by atoms with E-state index in [1.54, 1.807) is 12.1 Å². The van der Waals surface area contributed by atoms with Crippen molar-refractivity contribution >= 4 is 12.0 Å². The van der Waals surface area contributed by atoms with Gasteiger partial charge in [0, 0.05) is 13.1 Å². The zero-order valence-corrected chi connectivity index (χ0v) is 8.62. The van der Waals surface area contributed by atoms with Crippen LogP contribution in [0.25, 0.3) is 0 Å². The van der Waals surface area contributed by atoms with Crippen LogP contribution in [0, 0.1) is 5.82 Å². The number of halogens is 1. The minimum Gasteiger partial charge on any atom is -0.372 e. The fourth-order valence-corrected chi connectivity index (χ4v) is 1.23. The molecule has 1 aromatic carbocycles. The SMILES string of the molecule is CC(C)N(C)c1cccc(F)c1C=O. The maximum absolute atomic E-state index is 13.2. The van der Waals surface area contributed by atoms with Gasteiger partial charge in [0.05, 0.1) is 11.3 Å². The van der Waals surface area contributed by atoms with Crippen molar-refractivity contribution in [1.29, 1.82) is 0 Å². The Bertz CT molecular complexity index is 336. The van der Waals surface area contributed by atoms with Gasteiger partial charge in [-0.1, -0.05) is 6.07 Å². The standard InChI is InChI=1S/C11H14FNO/c1-8(2)13(3)11-6-4-5-10(12)9(11)7-14/h4-8H,1-3H3. The third-order valence-corrected chi connectivity index (χ3v) is 2.30. The first kappa shape index (κ1) is 10.7. The van der Waals surface area contributed by atoms with Crippen molar-refractivity contribution in [3.05, 3.63) is 29.6 Å². The van der Waals surface area contributed by atoms with E-state index < -0.39 is 5.82 Å². The number of aldehydes is 1. The van der Waals surface area contributed by atoms with Gasteiger partial charge < -0.3 is 4.90 Å². The van der Waals surface area contributed by atoms with Gasteiger partial charge in [0.2, 0.25) is 0 Å². The molecular formula is C11H14FNO. The predicted molar refractivity (Wildman–Crippen MR) is 55.3 cm³/mol. The van der Waals surface area contributed by atoms with Gasteiger partial charge in [-0.15, -0.1) is 0 Å². The summed E-state index contributed by atoms with van der Waals surface area (Å²) in [7, 11) is 1.84. The number of anilines is 1. The van der Waals surface area contributed by atoms with Crippen LogP contribution in [0.3, 0.4) is 0 Å². The van der Waals surface area contributed by atoms with Gasteiger partial charge in [0.25, 0.3) is 0 Å². The maximum atomic E-state index is 13.2. The Morgan fingerprint density at radius 3 is 2.57 bits per heavy atom. The van der Waals surface area contributed by atoms with Crippen molar-refractivity contribution in [2.24, 2.45) is 0 Å². The average Bonchev–Trinajstić information content (AvgIpc) is 2.16. The molecule has 0 heterocycles. The van der Waals surface area contributed by atoms with Crippen molar-refractivity contribution in [1.82, 2.24) is 0 Å². The fourth-order valence-electron chi connectivity index (χ4n) is 1.23. The summed E-state index contributed by atoms with van der Waals surface area (Å²) >= 11 is 0. The molecule has 0 spiro atoms. The highest BCUT2D eigenvalue weighted by molar-refractivity contribution is 5.84. The highest BCUT2D eigenvalue weighted by Gasteiger charge is 2.12. The molecule has 3 heteroatoms. The molecule has 76 valence electrons. The summed E-state index contributed by atoms with van der Waals surface area (Å²) in [5.74, 6) is -0.468. The monoisotopic (exact) mass is 195 g/mol. The number of hydrogen-bond donors (Lipinski definition) is 0. The van der Waals surface area contributed by atoms with Gasteiger partial charge in [0.1, 0.15) is 5.82 Å². The normalized spacial score (nSPS) is 10.4. The summed E-state index contributed by atoms with van der Waals surface area (Å²) in [4.78, 5) is 12.6. The smallest absolute Gasteiger partial charge is 0.155 e. The van der Waals surface area contributed by atoms with Crippen LogP contribution in [0.2, 0.25) is 0 Å². The van der Waals surface area contributed by atoms with Gasteiger partial charge in [-0.2, -0.15) is 0 Å². The summed E-state index contributed by atoms with van der Waals surface area (Å²) in [6.45, 7) is 3.97. The van der Waals surface area contributed by atoms with Crippen LogP contribution in [0.4, 0.5) is 10.1 Å². The lowest BCUT2D eigenvalue weighted by Gasteiger charge is -2.25. The Labute approximate surface area is 83.3 Å². The van der Waals surface area contributed by atoms with Crippen molar-refractivity contribution in [3.8, 4) is 0 Å². The van der Waals surface area contributed by atoms with Crippen molar-refractivity contribution in [2.45, 2.75) is 19.9 Å². The van der Waals surface area contributed by atoms with Crippen LogP contribution in [-0.2, 0) is 0 Å². The Morgan fingerprint density at radius 1 is 1.43 bits per heavy atom. The molecule has 1 rings (SSSR count). The molecule has 0 aliphatic rings. The van der Waals surface area contributed by atoms with Gasteiger partial charge in [0.15, 0.2) is 6.29 Å². The summed E-state index contributed by atoms with van der Waals surface area (Å²) < 4.78 is 13.2. The molecule has 0 fully saturated rings. The molecule has 0 saturated heterocycles. The molecule has 0 amide bonds. The first-order chi connectivity index (χ1) is 6.57. The number of nitrogens with zero attached hydrogens (tertiary/aromatic N) is 1. The number of carbonyl (C=O) groups is 1. The first-order valence-corrected chi connectivity index (χ1v) is 4.54. The lowest BCUT2D eigenvalue weighted by Crippen LogP contribution is -2.26. The second kappa shape index (κ2) is 4.22. The molecular weight excluding hydrogens is 181 g/mol. The third-order valence-electron chi connectivity index (χ3n) is 2.30. The first-order valence-electron chi connectivity index (χ1n) is 4.54. The minimum atomic E-state index is -0.468. The molecule has 1 aromatic rings. The molecule has 0 radical (unpaired) electrons. The molecule has 14 heavy (non-hydrogen) atoms. The predicted octanol–water partition coefficient (Wildman–Crippen LogP) is 2.48. The quantitative estimate of drug-likeness (QED) is 0.690. The third kappa shape index (κ3) is 1.92. The van der Waals surface area contributed by atoms with Crippen molar-refractivity contribution in [2.75, 3.05) is 11.9 Å². The molecule has 2 nitrogen and oxygen atoms in total. The van der Waals surface area contributed by atoms with Crippen LogP contribution >= 0.6 is 0 Å². The Balaban J connectivity index is 3.20. The zero-order chi connectivity index (χ0) is 10.7. The number of rotatable bonds is 3. The number of hydrogen-bond acceptors (Lipinski definition) is 2. The van der Waals surface area contributed by atoms with E-state index in [0.717, 1.165) is 0 Å². The molecule has 0 aliphatic carbocycles. The largest absolute Gasteiger partial charge is 0.372 e. The van der Waals surface area contributed by atoms with Crippen LogP contribution in [-0.4, -0.2) is 19.4 Å². The van der Waals surface area contributed by atoms with E-state index in [9.17, 15) is 9.18 Å². The van der Waals surface area contributed by atoms with E-state index in [4.69, 9.17) is 0 Å².